The Kier molecular flexibility index (Phi) is 6.88. The van der Waals surface area contributed by atoms with Gasteiger partial charge in [-0.1, -0.05) is 18.2 Å². The second kappa shape index (κ2) is 9.82. The van der Waals surface area contributed by atoms with Gasteiger partial charge in [-0.2, -0.15) is 4.98 Å². The van der Waals surface area contributed by atoms with E-state index in [4.69, 9.17) is 10.5 Å². The molecule has 1 fully saturated rings. The fourth-order valence-corrected chi connectivity index (χ4v) is 5.08. The first-order chi connectivity index (χ1) is 15.9. The zero-order valence-electron chi connectivity index (χ0n) is 18.8. The van der Waals surface area contributed by atoms with E-state index in [0.29, 0.717) is 17.3 Å². The number of nitrogens with zero attached hydrogens (tertiary/aromatic N) is 3. The quantitative estimate of drug-likeness (QED) is 0.520. The van der Waals surface area contributed by atoms with E-state index >= 15 is 0 Å². The molecule has 8 nitrogen and oxygen atoms in total. The Morgan fingerprint density at radius 3 is 2.64 bits per heavy atom. The van der Waals surface area contributed by atoms with Crippen LogP contribution in [0.2, 0.25) is 0 Å². The molecule has 1 aromatic heterocycles. The van der Waals surface area contributed by atoms with Crippen LogP contribution in [-0.4, -0.2) is 41.7 Å². The Bertz CT molecular complexity index is 1050. The van der Waals surface area contributed by atoms with Crippen LogP contribution in [0.25, 0.3) is 0 Å². The number of ether oxygens (including phenoxy) is 1. The van der Waals surface area contributed by atoms with Crippen LogP contribution in [0.1, 0.15) is 25.7 Å². The molecule has 2 aromatic rings. The molecule has 174 valence electrons. The molecule has 4 rings (SSSR count). The summed E-state index contributed by atoms with van der Waals surface area (Å²) < 4.78 is 7.33. The number of hydrogen-bond acceptors (Lipinski definition) is 7. The van der Waals surface area contributed by atoms with Gasteiger partial charge in [0.25, 0.3) is 5.91 Å². The minimum atomic E-state index is -1.00. The Hall–Kier alpha value is -3.07. The van der Waals surface area contributed by atoms with Crippen molar-refractivity contribution in [2.24, 2.45) is 11.7 Å². The van der Waals surface area contributed by atoms with E-state index in [9.17, 15) is 4.79 Å². The number of amides is 1. The van der Waals surface area contributed by atoms with Crippen LogP contribution in [0.5, 0.6) is 5.75 Å². The molecule has 1 unspecified atom stereocenters. The standard InChI is InChI=1S/C24H29BrN6O2/c1-31(2)22-20(25)15-27-23(30-22)29-17-12-10-16(11-13-17)24(33-18-7-4-3-5-8-18)19(21(26)32)9-6-14-28-24/h3-9,14-17,28H,10-13H2,1-2H3,(H2,26,32)(H,27,29,30). The zero-order valence-corrected chi connectivity index (χ0v) is 20.4. The van der Waals surface area contributed by atoms with E-state index in [1.54, 1.807) is 18.3 Å². The maximum absolute atomic E-state index is 12.4. The summed E-state index contributed by atoms with van der Waals surface area (Å²) in [5.41, 5.74) is 5.23. The summed E-state index contributed by atoms with van der Waals surface area (Å²) in [5, 5.41) is 6.82. The minimum Gasteiger partial charge on any atom is -0.463 e. The fourth-order valence-electron chi connectivity index (χ4n) is 4.53. The molecule has 33 heavy (non-hydrogen) atoms. The smallest absolute Gasteiger partial charge is 0.250 e. The Balaban J connectivity index is 1.51. The molecule has 0 radical (unpaired) electrons. The first kappa shape index (κ1) is 23.1. The van der Waals surface area contributed by atoms with Crippen molar-refractivity contribution in [1.29, 1.82) is 0 Å². The molecule has 1 aromatic carbocycles. The molecule has 0 saturated heterocycles. The van der Waals surface area contributed by atoms with E-state index in [0.717, 1.165) is 36.0 Å². The lowest BCUT2D eigenvalue weighted by Gasteiger charge is -2.45. The lowest BCUT2D eigenvalue weighted by atomic mass is 9.75. The minimum absolute atomic E-state index is 0.0580. The Morgan fingerprint density at radius 2 is 1.97 bits per heavy atom. The van der Waals surface area contributed by atoms with Gasteiger partial charge in [-0.3, -0.25) is 4.79 Å². The number of benzene rings is 1. The van der Waals surface area contributed by atoms with Gasteiger partial charge < -0.3 is 26.0 Å². The zero-order chi connectivity index (χ0) is 23.4. The van der Waals surface area contributed by atoms with Crippen LogP contribution >= 0.6 is 15.9 Å². The molecule has 4 N–H and O–H groups in total. The molecular weight excluding hydrogens is 484 g/mol. The molecule has 1 aliphatic heterocycles. The highest BCUT2D eigenvalue weighted by molar-refractivity contribution is 9.10. The highest BCUT2D eigenvalue weighted by Crippen LogP contribution is 2.40. The van der Waals surface area contributed by atoms with Gasteiger partial charge in [0, 0.05) is 38.5 Å². The number of para-hydroxylation sites is 1. The molecule has 0 spiro atoms. The molecule has 1 aliphatic carbocycles. The number of carbonyl (C=O) groups is 1. The van der Waals surface area contributed by atoms with Crippen LogP contribution in [0.4, 0.5) is 11.8 Å². The highest BCUT2D eigenvalue weighted by Gasteiger charge is 2.48. The van der Waals surface area contributed by atoms with Crippen LogP contribution < -0.4 is 26.0 Å². The third-order valence-corrected chi connectivity index (χ3v) is 6.69. The number of carbonyl (C=O) groups excluding carboxylic acids is 1. The predicted octanol–water partition coefficient (Wildman–Crippen LogP) is 3.58. The SMILES string of the molecule is CN(C)c1nc(NC2CCC(C3(Oc4ccccc4)NC=CC=C3C(N)=O)CC2)ncc1Br. The predicted molar refractivity (Wildman–Crippen MR) is 133 cm³/mol. The van der Waals surface area contributed by atoms with Crippen molar-refractivity contribution in [2.45, 2.75) is 37.5 Å². The lowest BCUT2D eigenvalue weighted by molar-refractivity contribution is -0.118. The third-order valence-electron chi connectivity index (χ3n) is 6.13. The molecular formula is C24H29BrN6O2. The molecule has 1 saturated carbocycles. The number of aromatic nitrogens is 2. The van der Waals surface area contributed by atoms with Gasteiger partial charge in [-0.05, 0) is 65.9 Å². The van der Waals surface area contributed by atoms with Crippen molar-refractivity contribution in [3.8, 4) is 5.75 Å². The van der Waals surface area contributed by atoms with Gasteiger partial charge >= 0.3 is 0 Å². The van der Waals surface area contributed by atoms with E-state index in [1.807, 2.05) is 55.5 Å². The van der Waals surface area contributed by atoms with Crippen molar-refractivity contribution in [3.63, 3.8) is 0 Å². The summed E-state index contributed by atoms with van der Waals surface area (Å²) in [6.45, 7) is 0. The monoisotopic (exact) mass is 512 g/mol. The maximum Gasteiger partial charge on any atom is 0.250 e. The van der Waals surface area contributed by atoms with Gasteiger partial charge in [0.15, 0.2) is 0 Å². The number of allylic oxidation sites excluding steroid dienone is 2. The van der Waals surface area contributed by atoms with Crippen molar-refractivity contribution < 1.29 is 9.53 Å². The first-order valence-electron chi connectivity index (χ1n) is 11.0. The summed E-state index contributed by atoms with van der Waals surface area (Å²) >= 11 is 3.49. The number of hydrogen-bond donors (Lipinski definition) is 3. The summed E-state index contributed by atoms with van der Waals surface area (Å²) in [6, 6.07) is 9.77. The number of nitrogens with two attached hydrogens (primary N) is 1. The molecule has 0 bridgehead atoms. The molecule has 1 atom stereocenters. The van der Waals surface area contributed by atoms with Crippen LogP contribution in [0, 0.1) is 5.92 Å². The number of primary amides is 1. The van der Waals surface area contributed by atoms with Crippen molar-refractivity contribution >= 4 is 33.6 Å². The fraction of sp³-hybridized carbons (Fsp3) is 0.375. The highest BCUT2D eigenvalue weighted by atomic mass is 79.9. The van der Waals surface area contributed by atoms with E-state index in [1.165, 1.54) is 0 Å². The Labute approximate surface area is 202 Å². The van der Waals surface area contributed by atoms with Crippen LogP contribution in [-0.2, 0) is 4.79 Å². The maximum atomic E-state index is 12.4. The van der Waals surface area contributed by atoms with Crippen molar-refractivity contribution in [2.75, 3.05) is 24.3 Å². The average Bonchev–Trinajstić information content (AvgIpc) is 2.81. The molecule has 2 heterocycles. The Morgan fingerprint density at radius 1 is 1.24 bits per heavy atom. The lowest BCUT2D eigenvalue weighted by Crippen LogP contribution is -2.59. The van der Waals surface area contributed by atoms with E-state index in [-0.39, 0.29) is 12.0 Å². The molecule has 9 heteroatoms. The van der Waals surface area contributed by atoms with Crippen molar-refractivity contribution in [1.82, 2.24) is 15.3 Å². The largest absolute Gasteiger partial charge is 0.463 e. The summed E-state index contributed by atoms with van der Waals surface area (Å²) in [6.07, 6.45) is 10.6. The van der Waals surface area contributed by atoms with Crippen LogP contribution in [0.15, 0.2) is 64.9 Å². The third kappa shape index (κ3) is 4.98. The number of anilines is 2. The second-order valence-corrected chi connectivity index (χ2v) is 9.41. The number of nitrogens with one attached hydrogen (secondary N) is 2. The summed E-state index contributed by atoms with van der Waals surface area (Å²) in [4.78, 5) is 23.4. The summed E-state index contributed by atoms with van der Waals surface area (Å²) in [5.74, 6) is 1.69. The normalized spacial score (nSPS) is 24.4. The number of dihydropyridines is 1. The van der Waals surface area contributed by atoms with Crippen LogP contribution in [0.3, 0.4) is 0 Å². The number of rotatable bonds is 7. The van der Waals surface area contributed by atoms with Gasteiger partial charge in [-0.25, -0.2) is 4.98 Å². The van der Waals surface area contributed by atoms with Gasteiger partial charge in [0.05, 0.1) is 10.0 Å². The first-order valence-corrected chi connectivity index (χ1v) is 11.8. The number of halogens is 1. The van der Waals surface area contributed by atoms with Gasteiger partial charge in [-0.15, -0.1) is 0 Å². The molecule has 2 aliphatic rings. The topological polar surface area (TPSA) is 105 Å². The second-order valence-electron chi connectivity index (χ2n) is 8.55. The van der Waals surface area contributed by atoms with Gasteiger partial charge in [0.2, 0.25) is 11.7 Å². The van der Waals surface area contributed by atoms with E-state index < -0.39 is 11.6 Å². The van der Waals surface area contributed by atoms with E-state index in [2.05, 4.69) is 36.5 Å². The van der Waals surface area contributed by atoms with Gasteiger partial charge in [0.1, 0.15) is 11.6 Å². The summed E-state index contributed by atoms with van der Waals surface area (Å²) in [7, 11) is 3.90. The molecule has 1 amide bonds. The van der Waals surface area contributed by atoms with Crippen molar-refractivity contribution in [3.05, 3.63) is 64.9 Å². The average molecular weight is 513 g/mol.